The number of amides is 1. The van der Waals surface area contributed by atoms with Gasteiger partial charge in [-0.2, -0.15) is 4.31 Å². The molecule has 0 saturated carbocycles. The van der Waals surface area contributed by atoms with Gasteiger partial charge in [-0.3, -0.25) is 14.7 Å². The fourth-order valence-electron chi connectivity index (χ4n) is 2.28. The van der Waals surface area contributed by atoms with Gasteiger partial charge in [-0.25, -0.2) is 8.42 Å². The molecule has 0 aromatic carbocycles. The van der Waals surface area contributed by atoms with Crippen LogP contribution in [-0.4, -0.2) is 80.2 Å². The van der Waals surface area contributed by atoms with Crippen LogP contribution in [0.3, 0.4) is 0 Å². The van der Waals surface area contributed by atoms with Crippen molar-refractivity contribution < 1.29 is 13.2 Å². The summed E-state index contributed by atoms with van der Waals surface area (Å²) < 4.78 is 26.5. The maximum atomic E-state index is 12.6. The summed E-state index contributed by atoms with van der Waals surface area (Å²) in [6.07, 6.45) is 2.86. The van der Waals surface area contributed by atoms with E-state index < -0.39 is 16.1 Å². The van der Waals surface area contributed by atoms with Crippen molar-refractivity contribution in [1.82, 2.24) is 19.1 Å². The van der Waals surface area contributed by atoms with E-state index in [0.29, 0.717) is 13.1 Å². The number of carbonyl (C=O) groups is 1. The number of hydrogen-bond acceptors (Lipinski definition) is 5. The first-order valence-corrected chi connectivity index (χ1v) is 8.09. The van der Waals surface area contributed by atoms with E-state index in [2.05, 4.69) is 4.98 Å². The Hall–Kier alpha value is -1.51. The van der Waals surface area contributed by atoms with Crippen molar-refractivity contribution in [3.05, 3.63) is 24.5 Å². The third-order valence-electron chi connectivity index (χ3n) is 3.61. The summed E-state index contributed by atoms with van der Waals surface area (Å²) in [5.41, 5.74) is 0. The topological polar surface area (TPSA) is 73.8 Å². The SMILES string of the molecule is CN(C)C(=O)[C@H]1CN(S(=O)(=O)c2cccnc2)CCN1C. The monoisotopic (exact) mass is 312 g/mol. The molecule has 1 aromatic heterocycles. The molecule has 0 radical (unpaired) electrons. The molecule has 0 N–H and O–H groups in total. The molecule has 7 nitrogen and oxygen atoms in total. The van der Waals surface area contributed by atoms with Crippen LogP contribution in [0.25, 0.3) is 0 Å². The minimum absolute atomic E-state index is 0.0939. The zero-order chi connectivity index (χ0) is 15.6. The molecule has 0 bridgehead atoms. The standard InChI is InChI=1S/C13H20N4O3S/c1-15(2)13(18)12-10-17(8-7-16(12)3)21(19,20)11-5-4-6-14-9-11/h4-6,9,12H,7-8,10H2,1-3H3/t12-/m1/s1. The largest absolute Gasteiger partial charge is 0.347 e. The Bertz CT molecular complexity index is 603. The molecule has 1 atom stereocenters. The maximum absolute atomic E-state index is 12.6. The average molecular weight is 312 g/mol. The number of hydrogen-bond donors (Lipinski definition) is 0. The lowest BCUT2D eigenvalue weighted by atomic mass is 10.2. The number of piperazine rings is 1. The molecule has 0 unspecified atom stereocenters. The number of nitrogens with zero attached hydrogens (tertiary/aromatic N) is 4. The molecule has 21 heavy (non-hydrogen) atoms. The normalized spacial score (nSPS) is 21.2. The first kappa shape index (κ1) is 15.9. The van der Waals surface area contributed by atoms with Gasteiger partial charge in [-0.05, 0) is 19.2 Å². The molecule has 1 amide bonds. The quantitative estimate of drug-likeness (QED) is 0.750. The van der Waals surface area contributed by atoms with Crippen LogP contribution < -0.4 is 0 Å². The first-order valence-electron chi connectivity index (χ1n) is 6.65. The fraction of sp³-hybridized carbons (Fsp3) is 0.538. The summed E-state index contributed by atoms with van der Waals surface area (Å²) in [6, 6.07) is 2.65. The van der Waals surface area contributed by atoms with Crippen LogP contribution in [0.4, 0.5) is 0 Å². The molecule has 1 aliphatic heterocycles. The summed E-state index contributed by atoms with van der Waals surface area (Å²) in [7, 11) is 1.57. The van der Waals surface area contributed by atoms with Crippen molar-refractivity contribution in [2.75, 3.05) is 40.8 Å². The molecule has 0 spiro atoms. The Morgan fingerprint density at radius 3 is 2.67 bits per heavy atom. The lowest BCUT2D eigenvalue weighted by Crippen LogP contribution is -2.58. The van der Waals surface area contributed by atoms with Crippen LogP contribution in [0.1, 0.15) is 0 Å². The highest BCUT2D eigenvalue weighted by atomic mass is 32.2. The lowest BCUT2D eigenvalue weighted by molar-refractivity contribution is -0.135. The highest BCUT2D eigenvalue weighted by Gasteiger charge is 2.36. The molecule has 1 aliphatic rings. The smallest absolute Gasteiger partial charge is 0.244 e. The fourth-order valence-corrected chi connectivity index (χ4v) is 3.68. The van der Waals surface area contributed by atoms with Crippen molar-refractivity contribution in [3.63, 3.8) is 0 Å². The van der Waals surface area contributed by atoms with Crippen LogP contribution in [0.2, 0.25) is 0 Å². The zero-order valence-electron chi connectivity index (χ0n) is 12.4. The molecule has 8 heteroatoms. The molecule has 2 rings (SSSR count). The maximum Gasteiger partial charge on any atom is 0.244 e. The molecule has 0 aliphatic carbocycles. The Kier molecular flexibility index (Phi) is 4.60. The zero-order valence-corrected chi connectivity index (χ0v) is 13.2. The second-order valence-electron chi connectivity index (χ2n) is 5.28. The van der Waals surface area contributed by atoms with Crippen LogP contribution in [0.15, 0.2) is 29.4 Å². The molecule has 1 aromatic rings. The summed E-state index contributed by atoms with van der Waals surface area (Å²) in [5, 5.41) is 0. The van der Waals surface area contributed by atoms with Gasteiger partial charge in [0.05, 0.1) is 0 Å². The predicted octanol–water partition coefficient (Wildman–Crippen LogP) is -0.525. The summed E-state index contributed by atoms with van der Waals surface area (Å²) in [4.78, 5) is 19.6. The molecule has 116 valence electrons. The second kappa shape index (κ2) is 6.08. The van der Waals surface area contributed by atoms with E-state index >= 15 is 0 Å². The number of pyridine rings is 1. The van der Waals surface area contributed by atoms with E-state index in [1.807, 2.05) is 11.9 Å². The highest BCUT2D eigenvalue weighted by Crippen LogP contribution is 2.19. The van der Waals surface area contributed by atoms with Gasteiger partial charge in [0, 0.05) is 46.1 Å². The predicted molar refractivity (Wildman–Crippen MR) is 78.1 cm³/mol. The molecule has 1 saturated heterocycles. The summed E-state index contributed by atoms with van der Waals surface area (Å²) >= 11 is 0. The van der Waals surface area contributed by atoms with Gasteiger partial charge in [0.25, 0.3) is 0 Å². The molecule has 1 fully saturated rings. The Morgan fingerprint density at radius 1 is 1.38 bits per heavy atom. The van der Waals surface area contributed by atoms with Gasteiger partial charge >= 0.3 is 0 Å². The Morgan fingerprint density at radius 2 is 2.10 bits per heavy atom. The number of rotatable bonds is 3. The van der Waals surface area contributed by atoms with Crippen molar-refractivity contribution in [2.45, 2.75) is 10.9 Å². The summed E-state index contributed by atoms with van der Waals surface area (Å²) in [6.45, 7) is 1.04. The minimum Gasteiger partial charge on any atom is -0.347 e. The number of likely N-dealkylation sites (N-methyl/N-ethyl adjacent to an activating group) is 2. The summed E-state index contributed by atoms with van der Waals surface area (Å²) in [5.74, 6) is -0.0939. The van der Waals surface area contributed by atoms with Gasteiger partial charge in [-0.15, -0.1) is 0 Å². The van der Waals surface area contributed by atoms with Crippen molar-refractivity contribution in [2.24, 2.45) is 0 Å². The van der Waals surface area contributed by atoms with Gasteiger partial charge < -0.3 is 4.90 Å². The number of sulfonamides is 1. The van der Waals surface area contributed by atoms with E-state index in [1.165, 1.54) is 27.7 Å². The third-order valence-corrected chi connectivity index (χ3v) is 5.46. The Balaban J connectivity index is 2.24. The van der Waals surface area contributed by atoms with E-state index in [1.54, 1.807) is 20.2 Å². The Labute approximate surface area is 125 Å². The van der Waals surface area contributed by atoms with Crippen LogP contribution in [0.5, 0.6) is 0 Å². The van der Waals surface area contributed by atoms with E-state index in [0.717, 1.165) is 0 Å². The average Bonchev–Trinajstić information content (AvgIpc) is 2.47. The first-order chi connectivity index (χ1) is 9.84. The van der Waals surface area contributed by atoms with Gasteiger partial charge in [0.15, 0.2) is 0 Å². The highest BCUT2D eigenvalue weighted by molar-refractivity contribution is 7.89. The van der Waals surface area contributed by atoms with E-state index in [9.17, 15) is 13.2 Å². The molecular weight excluding hydrogens is 292 g/mol. The van der Waals surface area contributed by atoms with Gasteiger partial charge in [0.2, 0.25) is 15.9 Å². The van der Waals surface area contributed by atoms with Gasteiger partial charge in [-0.1, -0.05) is 0 Å². The van der Waals surface area contributed by atoms with Crippen LogP contribution in [0, 0.1) is 0 Å². The van der Waals surface area contributed by atoms with Crippen LogP contribution >= 0.6 is 0 Å². The minimum atomic E-state index is -3.60. The van der Waals surface area contributed by atoms with E-state index in [4.69, 9.17) is 0 Å². The van der Waals surface area contributed by atoms with E-state index in [-0.39, 0.29) is 17.3 Å². The lowest BCUT2D eigenvalue weighted by Gasteiger charge is -2.38. The molecule has 2 heterocycles. The number of carbonyl (C=O) groups excluding carboxylic acids is 1. The third kappa shape index (κ3) is 3.22. The van der Waals surface area contributed by atoms with Crippen molar-refractivity contribution >= 4 is 15.9 Å². The second-order valence-corrected chi connectivity index (χ2v) is 7.22. The number of aromatic nitrogens is 1. The van der Waals surface area contributed by atoms with Crippen LogP contribution in [-0.2, 0) is 14.8 Å². The van der Waals surface area contributed by atoms with Crippen molar-refractivity contribution in [1.29, 1.82) is 0 Å². The molecular formula is C13H20N4O3S. The van der Waals surface area contributed by atoms with Crippen molar-refractivity contribution in [3.8, 4) is 0 Å². The van der Waals surface area contributed by atoms with Gasteiger partial charge in [0.1, 0.15) is 10.9 Å².